The second-order valence-corrected chi connectivity index (χ2v) is 5.11. The number of aromatic hydroxyl groups is 1. The van der Waals surface area contributed by atoms with Gasteiger partial charge in [-0.3, -0.25) is 15.0 Å². The van der Waals surface area contributed by atoms with Crippen LogP contribution in [0.1, 0.15) is 11.6 Å². The third-order valence-electron chi connectivity index (χ3n) is 3.64. The largest absolute Gasteiger partial charge is 0.502 e. The number of nitrogens with one attached hydrogen (secondary N) is 1. The fraction of sp³-hybridized carbons (Fsp3) is 0.538. The van der Waals surface area contributed by atoms with Crippen LogP contribution in [0, 0.1) is 10.1 Å². The Balaban J connectivity index is 2.44. The molecule has 1 aliphatic heterocycles. The van der Waals surface area contributed by atoms with Gasteiger partial charge in [-0.1, -0.05) is 6.07 Å². The molecule has 9 heteroatoms. The second kappa shape index (κ2) is 6.51. The number of phenolic OH excluding ortho intramolecular Hbond substituents is 1. The number of halogens is 2. The smallest absolute Gasteiger partial charge is 0.311 e. The molecule has 1 atom stereocenters. The topological polar surface area (TPSA) is 98.9 Å². The summed E-state index contributed by atoms with van der Waals surface area (Å²) < 4.78 is 28.4. The standard InChI is InChI=1S/C13H17F2N3O4/c14-13(15,8-19)12(17-5-3-16-4-6-17)9-1-2-11(20)10(7-9)18(21)22/h1-2,7,12,16,19-20H,3-6,8H2/t12-/m0/s1. The number of aliphatic hydroxyl groups excluding tert-OH is 1. The van der Waals surface area contributed by atoms with E-state index in [1.165, 1.54) is 11.0 Å². The van der Waals surface area contributed by atoms with E-state index in [0.717, 1.165) is 12.1 Å². The first-order chi connectivity index (χ1) is 10.4. The first-order valence-corrected chi connectivity index (χ1v) is 6.77. The second-order valence-electron chi connectivity index (χ2n) is 5.11. The molecule has 1 heterocycles. The van der Waals surface area contributed by atoms with Crippen molar-refractivity contribution in [3.05, 3.63) is 33.9 Å². The van der Waals surface area contributed by atoms with Gasteiger partial charge in [0.1, 0.15) is 12.6 Å². The van der Waals surface area contributed by atoms with Gasteiger partial charge in [0.25, 0.3) is 5.92 Å². The van der Waals surface area contributed by atoms with Crippen LogP contribution in [0.3, 0.4) is 0 Å². The van der Waals surface area contributed by atoms with Gasteiger partial charge >= 0.3 is 5.69 Å². The van der Waals surface area contributed by atoms with E-state index in [1.807, 2.05) is 0 Å². The van der Waals surface area contributed by atoms with Crippen molar-refractivity contribution in [2.75, 3.05) is 32.8 Å². The monoisotopic (exact) mass is 317 g/mol. The molecule has 1 aliphatic rings. The quantitative estimate of drug-likeness (QED) is 0.551. The Labute approximate surface area is 125 Å². The zero-order chi connectivity index (χ0) is 16.3. The van der Waals surface area contributed by atoms with Crippen LogP contribution < -0.4 is 5.32 Å². The number of nitro benzene ring substituents is 1. The Hall–Kier alpha value is -1.84. The summed E-state index contributed by atoms with van der Waals surface area (Å²) in [7, 11) is 0. The van der Waals surface area contributed by atoms with E-state index in [9.17, 15) is 24.0 Å². The van der Waals surface area contributed by atoms with Crippen molar-refractivity contribution < 1.29 is 23.9 Å². The van der Waals surface area contributed by atoms with Gasteiger partial charge in [-0.2, -0.15) is 0 Å². The fourth-order valence-corrected chi connectivity index (χ4v) is 2.61. The molecule has 0 radical (unpaired) electrons. The van der Waals surface area contributed by atoms with Crippen LogP contribution in [0.4, 0.5) is 14.5 Å². The minimum atomic E-state index is -3.46. The summed E-state index contributed by atoms with van der Waals surface area (Å²) in [6.45, 7) is 0.316. The highest BCUT2D eigenvalue weighted by Crippen LogP contribution is 2.39. The molecule has 0 saturated carbocycles. The van der Waals surface area contributed by atoms with Crippen LogP contribution >= 0.6 is 0 Å². The van der Waals surface area contributed by atoms with E-state index in [0.29, 0.717) is 26.2 Å². The molecular formula is C13H17F2N3O4. The van der Waals surface area contributed by atoms with Gasteiger partial charge in [0.2, 0.25) is 0 Å². The van der Waals surface area contributed by atoms with E-state index < -0.39 is 34.9 Å². The summed E-state index contributed by atoms with van der Waals surface area (Å²) in [6.07, 6.45) is 0. The first-order valence-electron chi connectivity index (χ1n) is 6.77. The lowest BCUT2D eigenvalue weighted by Gasteiger charge is -2.38. The van der Waals surface area contributed by atoms with Gasteiger partial charge in [-0.15, -0.1) is 0 Å². The number of rotatable bonds is 5. The van der Waals surface area contributed by atoms with Gasteiger partial charge < -0.3 is 15.5 Å². The highest BCUT2D eigenvalue weighted by Gasteiger charge is 2.44. The van der Waals surface area contributed by atoms with Crippen LogP contribution in [0.5, 0.6) is 5.75 Å². The number of nitro groups is 1. The molecule has 1 fully saturated rings. The predicted molar refractivity (Wildman–Crippen MR) is 74.0 cm³/mol. The van der Waals surface area contributed by atoms with Crippen molar-refractivity contribution in [2.45, 2.75) is 12.0 Å². The predicted octanol–water partition coefficient (Wildman–Crippen LogP) is 0.874. The maximum Gasteiger partial charge on any atom is 0.311 e. The number of alkyl halides is 2. The van der Waals surface area contributed by atoms with Crippen molar-refractivity contribution in [2.24, 2.45) is 0 Å². The molecule has 1 aromatic rings. The Morgan fingerprint density at radius 2 is 2.05 bits per heavy atom. The van der Waals surface area contributed by atoms with Crippen molar-refractivity contribution in [3.63, 3.8) is 0 Å². The van der Waals surface area contributed by atoms with Gasteiger partial charge in [-0.05, 0) is 11.6 Å². The zero-order valence-corrected chi connectivity index (χ0v) is 11.7. The molecule has 0 aliphatic carbocycles. The maximum atomic E-state index is 14.2. The summed E-state index contributed by atoms with van der Waals surface area (Å²) in [6, 6.07) is 1.69. The molecule has 122 valence electrons. The Morgan fingerprint density at radius 3 is 2.59 bits per heavy atom. The number of benzene rings is 1. The molecule has 1 aromatic carbocycles. The van der Waals surface area contributed by atoms with Gasteiger partial charge in [0.15, 0.2) is 5.75 Å². The van der Waals surface area contributed by atoms with E-state index in [1.54, 1.807) is 0 Å². The number of aliphatic hydroxyl groups is 1. The van der Waals surface area contributed by atoms with Crippen LogP contribution in [0.2, 0.25) is 0 Å². The molecule has 0 aromatic heterocycles. The molecule has 0 unspecified atom stereocenters. The molecule has 0 bridgehead atoms. The SMILES string of the molecule is O=[N+]([O-])c1cc([C@H](N2CCNCC2)C(F)(F)CO)ccc1O. The van der Waals surface area contributed by atoms with Gasteiger partial charge in [0, 0.05) is 32.2 Å². The number of phenols is 1. The molecular weight excluding hydrogens is 300 g/mol. The molecule has 1 saturated heterocycles. The minimum absolute atomic E-state index is 0.00884. The summed E-state index contributed by atoms with van der Waals surface area (Å²) in [5, 5.41) is 32.4. The minimum Gasteiger partial charge on any atom is -0.502 e. The maximum absolute atomic E-state index is 14.2. The lowest BCUT2D eigenvalue weighted by Crippen LogP contribution is -2.51. The number of piperazine rings is 1. The van der Waals surface area contributed by atoms with E-state index in [-0.39, 0.29) is 5.56 Å². The molecule has 7 nitrogen and oxygen atoms in total. The Bertz CT molecular complexity index is 550. The highest BCUT2D eigenvalue weighted by molar-refractivity contribution is 5.48. The molecule has 0 amide bonds. The first kappa shape index (κ1) is 16.5. The number of nitrogens with zero attached hydrogens (tertiary/aromatic N) is 2. The van der Waals surface area contributed by atoms with Crippen LogP contribution in [-0.4, -0.2) is 58.7 Å². The average molecular weight is 317 g/mol. The van der Waals surface area contributed by atoms with E-state index >= 15 is 0 Å². The highest BCUT2D eigenvalue weighted by atomic mass is 19.3. The molecule has 2 rings (SSSR count). The van der Waals surface area contributed by atoms with Crippen LogP contribution in [-0.2, 0) is 0 Å². The van der Waals surface area contributed by atoms with Crippen LogP contribution in [0.15, 0.2) is 18.2 Å². The van der Waals surface area contributed by atoms with Gasteiger partial charge in [-0.25, -0.2) is 8.78 Å². The normalized spacial score (nSPS) is 18.1. The molecule has 0 spiro atoms. The lowest BCUT2D eigenvalue weighted by molar-refractivity contribution is -0.386. The number of hydrogen-bond donors (Lipinski definition) is 3. The van der Waals surface area contributed by atoms with Crippen molar-refractivity contribution >= 4 is 5.69 Å². The van der Waals surface area contributed by atoms with Crippen molar-refractivity contribution in [3.8, 4) is 5.75 Å². The molecule has 22 heavy (non-hydrogen) atoms. The van der Waals surface area contributed by atoms with E-state index in [4.69, 9.17) is 5.11 Å². The lowest BCUT2D eigenvalue weighted by atomic mass is 9.97. The summed E-state index contributed by atoms with van der Waals surface area (Å²) in [5.41, 5.74) is -0.642. The summed E-state index contributed by atoms with van der Waals surface area (Å²) in [4.78, 5) is 11.5. The van der Waals surface area contributed by atoms with Crippen molar-refractivity contribution in [1.29, 1.82) is 0 Å². The number of hydrogen-bond acceptors (Lipinski definition) is 6. The summed E-state index contributed by atoms with van der Waals surface area (Å²) >= 11 is 0. The average Bonchev–Trinajstić information content (AvgIpc) is 2.50. The third kappa shape index (κ3) is 3.32. The van der Waals surface area contributed by atoms with E-state index in [2.05, 4.69) is 5.32 Å². The fourth-order valence-electron chi connectivity index (χ4n) is 2.61. The van der Waals surface area contributed by atoms with Gasteiger partial charge in [0.05, 0.1) is 4.92 Å². The van der Waals surface area contributed by atoms with Crippen molar-refractivity contribution in [1.82, 2.24) is 10.2 Å². The molecule has 3 N–H and O–H groups in total. The Kier molecular flexibility index (Phi) is 4.89. The van der Waals surface area contributed by atoms with Crippen LogP contribution in [0.25, 0.3) is 0 Å². The Morgan fingerprint density at radius 1 is 1.41 bits per heavy atom. The third-order valence-corrected chi connectivity index (χ3v) is 3.64. The zero-order valence-electron chi connectivity index (χ0n) is 11.7. The summed E-state index contributed by atoms with van der Waals surface area (Å²) in [5.74, 6) is -4.04.